The fourth-order valence-electron chi connectivity index (χ4n) is 3.99. The van der Waals surface area contributed by atoms with E-state index in [0.29, 0.717) is 5.75 Å². The number of nitrogens with one attached hydrogen (secondary N) is 1. The molecule has 9 nitrogen and oxygen atoms in total. The maximum Gasteiger partial charge on any atom is 0.271 e. The number of anilines is 2. The van der Waals surface area contributed by atoms with E-state index in [1.54, 1.807) is 11.0 Å². The molecular formula is C22H23ClN4O5. The van der Waals surface area contributed by atoms with E-state index in [4.69, 9.17) is 16.3 Å². The van der Waals surface area contributed by atoms with Crippen molar-refractivity contribution in [3.05, 3.63) is 57.6 Å². The van der Waals surface area contributed by atoms with Crippen molar-refractivity contribution < 1.29 is 19.2 Å². The smallest absolute Gasteiger partial charge is 0.271 e. The SMILES string of the molecule is O=C(CN1C[C@@H](C(=O)N2CCCCC2)Oc2ccccc21)Nc1ccc([N+](=O)[O-])cc1Cl. The van der Waals surface area contributed by atoms with Crippen LogP contribution < -0.4 is 15.0 Å². The van der Waals surface area contributed by atoms with E-state index in [2.05, 4.69) is 5.32 Å². The molecule has 0 unspecified atom stereocenters. The molecule has 0 saturated carbocycles. The zero-order valence-corrected chi connectivity index (χ0v) is 18.1. The van der Waals surface area contributed by atoms with Crippen LogP contribution in [0.2, 0.25) is 5.02 Å². The van der Waals surface area contributed by atoms with E-state index in [1.807, 2.05) is 23.1 Å². The molecule has 2 amide bonds. The normalized spacial score (nSPS) is 17.8. The Morgan fingerprint density at radius 1 is 1.16 bits per heavy atom. The summed E-state index contributed by atoms with van der Waals surface area (Å²) in [7, 11) is 0. The van der Waals surface area contributed by atoms with Crippen molar-refractivity contribution in [1.29, 1.82) is 0 Å². The number of fused-ring (bicyclic) bond motifs is 1. The maximum absolute atomic E-state index is 13.0. The van der Waals surface area contributed by atoms with Gasteiger partial charge in [0.1, 0.15) is 5.75 Å². The van der Waals surface area contributed by atoms with Gasteiger partial charge in [-0.25, -0.2) is 0 Å². The minimum Gasteiger partial charge on any atom is -0.477 e. The number of amides is 2. The standard InChI is InChI=1S/C22H23ClN4O5/c23-16-12-15(27(30)31)8-9-17(16)24-21(28)14-26-13-20(22(29)25-10-4-1-5-11-25)32-19-7-3-2-6-18(19)26/h2-3,6-9,12,20H,1,4-5,10-11,13-14H2,(H,24,28)/t20-/m0/s1. The lowest BCUT2D eigenvalue weighted by Gasteiger charge is -2.38. The van der Waals surface area contributed by atoms with E-state index >= 15 is 0 Å². The fraction of sp³-hybridized carbons (Fsp3) is 0.364. The molecule has 0 bridgehead atoms. The number of ether oxygens (including phenoxy) is 1. The average Bonchev–Trinajstić information content (AvgIpc) is 2.80. The molecule has 1 N–H and O–H groups in total. The summed E-state index contributed by atoms with van der Waals surface area (Å²) < 4.78 is 5.98. The largest absolute Gasteiger partial charge is 0.477 e. The number of rotatable bonds is 5. The number of nitro groups is 1. The molecule has 2 heterocycles. The number of likely N-dealkylation sites (tertiary alicyclic amines) is 1. The summed E-state index contributed by atoms with van der Waals surface area (Å²) in [4.78, 5) is 39.7. The number of benzene rings is 2. The Morgan fingerprint density at radius 3 is 2.62 bits per heavy atom. The summed E-state index contributed by atoms with van der Waals surface area (Å²) in [5.74, 6) is 0.125. The third kappa shape index (κ3) is 4.77. The van der Waals surface area contributed by atoms with Gasteiger partial charge in [-0.2, -0.15) is 0 Å². The van der Waals surface area contributed by atoms with Gasteiger partial charge >= 0.3 is 0 Å². The Labute approximate surface area is 190 Å². The lowest BCUT2D eigenvalue weighted by Crippen LogP contribution is -2.52. The van der Waals surface area contributed by atoms with Crippen LogP contribution in [0, 0.1) is 10.1 Å². The van der Waals surface area contributed by atoms with E-state index < -0.39 is 11.0 Å². The molecule has 2 aromatic carbocycles. The van der Waals surface area contributed by atoms with Crippen LogP contribution >= 0.6 is 11.6 Å². The van der Waals surface area contributed by atoms with Crippen molar-refractivity contribution in [3.8, 4) is 5.75 Å². The summed E-state index contributed by atoms with van der Waals surface area (Å²) in [5.41, 5.74) is 0.846. The van der Waals surface area contributed by atoms with Crippen LogP contribution in [0.5, 0.6) is 5.75 Å². The number of nitro benzene ring substituents is 1. The number of para-hydroxylation sites is 2. The lowest BCUT2D eigenvalue weighted by atomic mass is 10.1. The predicted molar refractivity (Wildman–Crippen MR) is 120 cm³/mol. The van der Waals surface area contributed by atoms with Crippen molar-refractivity contribution in [3.63, 3.8) is 0 Å². The van der Waals surface area contributed by atoms with Crippen molar-refractivity contribution in [2.45, 2.75) is 25.4 Å². The van der Waals surface area contributed by atoms with Crippen molar-refractivity contribution in [2.24, 2.45) is 0 Å². The van der Waals surface area contributed by atoms with Crippen LogP contribution in [0.4, 0.5) is 17.1 Å². The monoisotopic (exact) mass is 458 g/mol. The maximum atomic E-state index is 13.0. The van der Waals surface area contributed by atoms with Gasteiger partial charge in [0.25, 0.3) is 11.6 Å². The first kappa shape index (κ1) is 21.9. The van der Waals surface area contributed by atoms with Crippen LogP contribution in [0.15, 0.2) is 42.5 Å². The molecule has 2 aromatic rings. The van der Waals surface area contributed by atoms with E-state index in [0.717, 1.165) is 38.0 Å². The fourth-order valence-corrected chi connectivity index (χ4v) is 4.21. The molecule has 168 valence electrons. The number of piperidine rings is 1. The van der Waals surface area contributed by atoms with E-state index in [-0.39, 0.29) is 41.3 Å². The van der Waals surface area contributed by atoms with Crippen LogP contribution in [0.3, 0.4) is 0 Å². The molecule has 0 spiro atoms. The summed E-state index contributed by atoms with van der Waals surface area (Å²) in [6.45, 7) is 1.66. The van der Waals surface area contributed by atoms with Gasteiger partial charge in [0.15, 0.2) is 6.10 Å². The highest BCUT2D eigenvalue weighted by atomic mass is 35.5. The highest BCUT2D eigenvalue weighted by Crippen LogP contribution is 2.34. The number of hydrogen-bond acceptors (Lipinski definition) is 6. The summed E-state index contributed by atoms with van der Waals surface area (Å²) in [5, 5.41) is 13.6. The third-order valence-corrected chi connectivity index (χ3v) is 5.89. The van der Waals surface area contributed by atoms with Crippen LogP contribution in [-0.4, -0.2) is 53.9 Å². The number of hydrogen-bond donors (Lipinski definition) is 1. The topological polar surface area (TPSA) is 105 Å². The second-order valence-electron chi connectivity index (χ2n) is 7.81. The predicted octanol–water partition coefficient (Wildman–Crippen LogP) is 3.47. The molecule has 1 atom stereocenters. The molecule has 0 radical (unpaired) electrons. The number of carbonyl (C=O) groups is 2. The average molecular weight is 459 g/mol. The first-order chi connectivity index (χ1) is 15.4. The first-order valence-corrected chi connectivity index (χ1v) is 10.8. The van der Waals surface area contributed by atoms with Gasteiger partial charge in [-0.3, -0.25) is 19.7 Å². The molecular weight excluding hydrogens is 436 g/mol. The van der Waals surface area contributed by atoms with Gasteiger partial charge in [0, 0.05) is 25.2 Å². The number of nitrogens with zero attached hydrogens (tertiary/aromatic N) is 3. The van der Waals surface area contributed by atoms with Gasteiger partial charge in [-0.05, 0) is 37.5 Å². The number of carbonyl (C=O) groups excluding carboxylic acids is 2. The van der Waals surface area contributed by atoms with E-state index in [9.17, 15) is 19.7 Å². The second kappa shape index (κ2) is 9.44. The summed E-state index contributed by atoms with van der Waals surface area (Å²) in [6.07, 6.45) is 2.39. The summed E-state index contributed by atoms with van der Waals surface area (Å²) >= 11 is 6.09. The molecule has 1 saturated heterocycles. The van der Waals surface area contributed by atoms with Crippen LogP contribution in [0.1, 0.15) is 19.3 Å². The Bertz CT molecular complexity index is 1040. The number of halogens is 1. The van der Waals surface area contributed by atoms with Crippen molar-refractivity contribution in [2.75, 3.05) is 36.4 Å². The Kier molecular flexibility index (Phi) is 6.45. The lowest BCUT2D eigenvalue weighted by molar-refractivity contribution is -0.384. The second-order valence-corrected chi connectivity index (χ2v) is 8.22. The summed E-state index contributed by atoms with van der Waals surface area (Å²) in [6, 6.07) is 11.1. The zero-order chi connectivity index (χ0) is 22.7. The zero-order valence-electron chi connectivity index (χ0n) is 17.3. The van der Waals surface area contributed by atoms with Crippen LogP contribution in [0.25, 0.3) is 0 Å². The Hall–Kier alpha value is -3.33. The molecule has 10 heteroatoms. The molecule has 2 aliphatic rings. The molecule has 1 fully saturated rings. The molecule has 2 aliphatic heterocycles. The van der Waals surface area contributed by atoms with Gasteiger partial charge in [-0.15, -0.1) is 0 Å². The van der Waals surface area contributed by atoms with Crippen LogP contribution in [-0.2, 0) is 9.59 Å². The highest BCUT2D eigenvalue weighted by molar-refractivity contribution is 6.34. The quantitative estimate of drug-likeness (QED) is 0.543. The van der Waals surface area contributed by atoms with Crippen molar-refractivity contribution in [1.82, 2.24) is 4.90 Å². The Balaban J connectivity index is 1.48. The van der Waals surface area contributed by atoms with Gasteiger partial charge in [-0.1, -0.05) is 23.7 Å². The highest BCUT2D eigenvalue weighted by Gasteiger charge is 2.34. The first-order valence-electron chi connectivity index (χ1n) is 10.5. The minimum atomic E-state index is -0.696. The number of non-ortho nitro benzene ring substituents is 1. The van der Waals surface area contributed by atoms with Crippen molar-refractivity contribution >= 4 is 40.5 Å². The molecule has 0 aromatic heterocycles. The van der Waals surface area contributed by atoms with Gasteiger partial charge in [0.05, 0.1) is 34.4 Å². The van der Waals surface area contributed by atoms with Gasteiger partial charge < -0.3 is 19.9 Å². The molecule has 32 heavy (non-hydrogen) atoms. The Morgan fingerprint density at radius 2 is 1.91 bits per heavy atom. The third-order valence-electron chi connectivity index (χ3n) is 5.58. The molecule has 0 aliphatic carbocycles. The van der Waals surface area contributed by atoms with E-state index in [1.165, 1.54) is 18.2 Å². The van der Waals surface area contributed by atoms with Gasteiger partial charge in [0.2, 0.25) is 5.91 Å². The minimum absolute atomic E-state index is 0.0303. The molecule has 4 rings (SSSR count).